The minimum atomic E-state index is -0.234. The number of nitrogens with zero attached hydrogens (tertiary/aromatic N) is 3. The lowest BCUT2D eigenvalue weighted by atomic mass is 10.2. The minimum absolute atomic E-state index is 0.0788. The summed E-state index contributed by atoms with van der Waals surface area (Å²) in [6, 6.07) is 0. The molecule has 0 saturated carbocycles. The third-order valence-corrected chi connectivity index (χ3v) is 2.63. The second kappa shape index (κ2) is 3.48. The van der Waals surface area contributed by atoms with E-state index in [9.17, 15) is 9.59 Å². The van der Waals surface area contributed by atoms with Crippen LogP contribution in [0.1, 0.15) is 11.3 Å². The number of carbonyl (C=O) groups is 1. The average Bonchev–Trinajstić information content (AvgIpc) is 2.52. The Labute approximate surface area is 91.3 Å². The maximum atomic E-state index is 12.0. The lowest BCUT2D eigenvalue weighted by Crippen LogP contribution is -2.21. The first-order chi connectivity index (χ1) is 7.56. The van der Waals surface area contributed by atoms with Crippen molar-refractivity contribution in [2.75, 3.05) is 5.73 Å². The van der Waals surface area contributed by atoms with Crippen LogP contribution in [0, 0.1) is 6.92 Å². The Hall–Kier alpha value is -2.11. The van der Waals surface area contributed by atoms with Gasteiger partial charge < -0.3 is 10.5 Å². The van der Waals surface area contributed by atoms with Crippen LogP contribution in [0.15, 0.2) is 11.0 Å². The molecule has 0 saturated heterocycles. The normalized spacial score (nSPS) is 10.9. The molecule has 0 aromatic carbocycles. The fourth-order valence-electron chi connectivity index (χ4n) is 1.67. The summed E-state index contributed by atoms with van der Waals surface area (Å²) in [6.45, 7) is 1.71. The molecule has 0 radical (unpaired) electrons. The number of rotatable bonds is 2. The highest BCUT2D eigenvalue weighted by Crippen LogP contribution is 2.09. The van der Waals surface area contributed by atoms with E-state index in [1.165, 1.54) is 10.6 Å². The van der Waals surface area contributed by atoms with Crippen LogP contribution in [0.2, 0.25) is 0 Å². The van der Waals surface area contributed by atoms with Gasteiger partial charge in [0, 0.05) is 19.0 Å². The van der Waals surface area contributed by atoms with Crippen LogP contribution in [0.25, 0.3) is 5.78 Å². The summed E-state index contributed by atoms with van der Waals surface area (Å²) in [6.07, 6.45) is 2.29. The number of carbonyl (C=O) groups excluding carboxylic acids is 1. The van der Waals surface area contributed by atoms with Crippen LogP contribution >= 0.6 is 0 Å². The molecule has 0 spiro atoms. The molecule has 16 heavy (non-hydrogen) atoms. The van der Waals surface area contributed by atoms with Gasteiger partial charge in [-0.25, -0.2) is 9.38 Å². The molecule has 0 unspecified atom stereocenters. The molecule has 84 valence electrons. The zero-order chi connectivity index (χ0) is 11.9. The lowest BCUT2D eigenvalue weighted by molar-refractivity contribution is -0.107. The second-order valence-corrected chi connectivity index (χ2v) is 3.63. The first kappa shape index (κ1) is 10.4. The zero-order valence-corrected chi connectivity index (χ0v) is 9.10. The molecule has 0 bridgehead atoms. The van der Waals surface area contributed by atoms with Gasteiger partial charge in [0.25, 0.3) is 5.56 Å². The molecule has 2 rings (SSSR count). The Bertz CT molecular complexity index is 624. The van der Waals surface area contributed by atoms with Crippen molar-refractivity contribution in [1.82, 2.24) is 14.0 Å². The maximum absolute atomic E-state index is 12.0. The number of nitrogens with two attached hydrogens (primary N) is 1. The molecule has 2 aromatic rings. The van der Waals surface area contributed by atoms with Gasteiger partial charge in [-0.2, -0.15) is 0 Å². The van der Waals surface area contributed by atoms with Gasteiger partial charge in [-0.05, 0) is 6.92 Å². The van der Waals surface area contributed by atoms with Crippen molar-refractivity contribution < 1.29 is 4.79 Å². The molecule has 0 aliphatic heterocycles. The summed E-state index contributed by atoms with van der Waals surface area (Å²) in [5.74, 6) is 0.932. The van der Waals surface area contributed by atoms with Crippen LogP contribution in [-0.2, 0) is 18.3 Å². The summed E-state index contributed by atoms with van der Waals surface area (Å²) in [5, 5.41) is 0. The highest BCUT2D eigenvalue weighted by atomic mass is 16.1. The first-order valence-electron chi connectivity index (χ1n) is 4.83. The van der Waals surface area contributed by atoms with Gasteiger partial charge in [0.1, 0.15) is 12.1 Å². The van der Waals surface area contributed by atoms with Gasteiger partial charge in [-0.15, -0.1) is 0 Å². The number of anilines is 1. The lowest BCUT2D eigenvalue weighted by Gasteiger charge is -2.02. The Morgan fingerprint density at radius 1 is 1.56 bits per heavy atom. The van der Waals surface area contributed by atoms with E-state index in [1.54, 1.807) is 18.5 Å². The molecule has 2 heterocycles. The molecule has 0 atom stereocenters. The molecule has 6 nitrogen and oxygen atoms in total. The number of hydrogen-bond donors (Lipinski definition) is 1. The van der Waals surface area contributed by atoms with E-state index in [4.69, 9.17) is 5.73 Å². The topological polar surface area (TPSA) is 82.4 Å². The molecule has 0 fully saturated rings. The predicted octanol–water partition coefficient (Wildman–Crippen LogP) is -0.335. The summed E-state index contributed by atoms with van der Waals surface area (Å²) >= 11 is 0. The highest BCUT2D eigenvalue weighted by Gasteiger charge is 2.12. The molecular formula is C10H12N4O2. The van der Waals surface area contributed by atoms with Crippen molar-refractivity contribution in [3.8, 4) is 0 Å². The SMILES string of the molecule is Cc1nc2n(C)c(N)cn2c(=O)c1CC=O. The van der Waals surface area contributed by atoms with Gasteiger partial charge in [0.2, 0.25) is 5.78 Å². The van der Waals surface area contributed by atoms with Crippen molar-refractivity contribution in [2.45, 2.75) is 13.3 Å². The van der Waals surface area contributed by atoms with E-state index < -0.39 is 0 Å². The van der Waals surface area contributed by atoms with Gasteiger partial charge in [-0.3, -0.25) is 9.36 Å². The third-order valence-electron chi connectivity index (χ3n) is 2.63. The number of fused-ring (bicyclic) bond motifs is 1. The van der Waals surface area contributed by atoms with Crippen molar-refractivity contribution in [3.05, 3.63) is 27.8 Å². The summed E-state index contributed by atoms with van der Waals surface area (Å²) in [5.41, 5.74) is 6.44. The largest absolute Gasteiger partial charge is 0.384 e. The van der Waals surface area contributed by atoms with Crippen molar-refractivity contribution >= 4 is 17.9 Å². The van der Waals surface area contributed by atoms with E-state index in [0.717, 1.165) is 0 Å². The number of hydrogen-bond acceptors (Lipinski definition) is 4. The van der Waals surface area contributed by atoms with Crippen LogP contribution in [0.5, 0.6) is 0 Å². The third kappa shape index (κ3) is 1.30. The van der Waals surface area contributed by atoms with Crippen molar-refractivity contribution in [3.63, 3.8) is 0 Å². The van der Waals surface area contributed by atoms with Gasteiger partial charge in [-0.1, -0.05) is 0 Å². The quantitative estimate of drug-likeness (QED) is 0.702. The fraction of sp³-hybridized carbons (Fsp3) is 0.300. The molecule has 0 aliphatic carbocycles. The standard InChI is InChI=1S/C10H12N4O2/c1-6-7(3-4-15)9(16)14-5-8(11)13(2)10(14)12-6/h4-5H,3,11H2,1-2H3. The minimum Gasteiger partial charge on any atom is -0.384 e. The predicted molar refractivity (Wildman–Crippen MR) is 59.4 cm³/mol. The van der Waals surface area contributed by atoms with Crippen LogP contribution in [0.3, 0.4) is 0 Å². The second-order valence-electron chi connectivity index (χ2n) is 3.63. The van der Waals surface area contributed by atoms with Crippen LogP contribution in [-0.4, -0.2) is 20.2 Å². The Balaban J connectivity index is 2.88. The molecule has 0 amide bonds. The zero-order valence-electron chi connectivity index (χ0n) is 9.10. The first-order valence-corrected chi connectivity index (χ1v) is 4.83. The number of nitrogen functional groups attached to an aromatic ring is 1. The van der Waals surface area contributed by atoms with Gasteiger partial charge >= 0.3 is 0 Å². The molecule has 0 aliphatic rings. The summed E-state index contributed by atoms with van der Waals surface area (Å²) < 4.78 is 2.99. The number of aromatic nitrogens is 3. The Morgan fingerprint density at radius 3 is 2.88 bits per heavy atom. The van der Waals surface area contributed by atoms with E-state index in [2.05, 4.69) is 4.98 Å². The molecule has 6 heteroatoms. The van der Waals surface area contributed by atoms with Crippen LogP contribution in [0.4, 0.5) is 5.82 Å². The molecular weight excluding hydrogens is 208 g/mol. The fourth-order valence-corrected chi connectivity index (χ4v) is 1.67. The number of aldehydes is 1. The Morgan fingerprint density at radius 2 is 2.25 bits per heavy atom. The van der Waals surface area contributed by atoms with E-state index in [0.29, 0.717) is 29.1 Å². The summed E-state index contributed by atoms with van der Waals surface area (Å²) in [4.78, 5) is 26.7. The number of imidazole rings is 1. The number of aryl methyl sites for hydroxylation is 2. The van der Waals surface area contributed by atoms with Crippen LogP contribution < -0.4 is 11.3 Å². The average molecular weight is 220 g/mol. The maximum Gasteiger partial charge on any atom is 0.263 e. The molecule has 2 aromatic heterocycles. The summed E-state index contributed by atoms with van der Waals surface area (Å²) in [7, 11) is 1.73. The smallest absolute Gasteiger partial charge is 0.263 e. The van der Waals surface area contributed by atoms with E-state index in [1.807, 2.05) is 0 Å². The van der Waals surface area contributed by atoms with Gasteiger partial charge in [0.05, 0.1) is 11.9 Å². The molecule has 2 N–H and O–H groups in total. The van der Waals surface area contributed by atoms with E-state index >= 15 is 0 Å². The van der Waals surface area contributed by atoms with E-state index in [-0.39, 0.29) is 12.0 Å². The van der Waals surface area contributed by atoms with Crippen molar-refractivity contribution in [2.24, 2.45) is 7.05 Å². The highest BCUT2D eigenvalue weighted by molar-refractivity contribution is 5.56. The Kier molecular flexibility index (Phi) is 2.26. The van der Waals surface area contributed by atoms with Crippen molar-refractivity contribution in [1.29, 1.82) is 0 Å². The van der Waals surface area contributed by atoms with Gasteiger partial charge in [0.15, 0.2) is 0 Å². The monoisotopic (exact) mass is 220 g/mol.